The zero-order chi connectivity index (χ0) is 19.3. The Morgan fingerprint density at radius 3 is 1.04 bits per heavy atom. The van der Waals surface area contributed by atoms with Gasteiger partial charge in [-0.2, -0.15) is 0 Å². The summed E-state index contributed by atoms with van der Waals surface area (Å²) in [4.78, 5) is 0. The molecule has 0 N–H and O–H groups in total. The fourth-order valence-electron chi connectivity index (χ4n) is 3.51. The van der Waals surface area contributed by atoms with Gasteiger partial charge in [-0.25, -0.2) is 0 Å². The van der Waals surface area contributed by atoms with Crippen LogP contribution in [0.1, 0.15) is 124 Å². The second kappa shape index (κ2) is 19.9. The predicted molar refractivity (Wildman–Crippen MR) is 119 cm³/mol. The van der Waals surface area contributed by atoms with Gasteiger partial charge in [-0.15, -0.1) is 0 Å². The Kier molecular flexibility index (Phi) is 20.0. The highest BCUT2D eigenvalue weighted by Crippen LogP contribution is 2.20. The molecule has 0 radical (unpaired) electrons. The van der Waals surface area contributed by atoms with E-state index in [1.54, 1.807) is 0 Å². The van der Waals surface area contributed by atoms with Gasteiger partial charge in [-0.3, -0.25) is 0 Å². The highest BCUT2D eigenvalue weighted by molar-refractivity contribution is 6.67. The van der Waals surface area contributed by atoms with Crippen molar-refractivity contribution in [2.75, 3.05) is 13.2 Å². The molecule has 0 amide bonds. The lowest BCUT2D eigenvalue weighted by molar-refractivity contribution is 0.163. The number of hydrogen-bond acceptors (Lipinski definition) is 2. The summed E-state index contributed by atoms with van der Waals surface area (Å²) in [6.07, 6.45) is 20.4. The van der Waals surface area contributed by atoms with Crippen molar-refractivity contribution in [1.82, 2.24) is 0 Å². The van der Waals surface area contributed by atoms with E-state index in [1.807, 2.05) is 0 Å². The van der Waals surface area contributed by atoms with Crippen LogP contribution in [0.25, 0.3) is 0 Å². The largest absolute Gasteiger partial charge is 0.394 e. The van der Waals surface area contributed by atoms with Crippen LogP contribution in [-0.2, 0) is 8.85 Å². The third kappa shape index (κ3) is 15.2. The smallest absolute Gasteiger partial charge is 0.337 e. The van der Waals surface area contributed by atoms with Crippen molar-refractivity contribution in [2.24, 2.45) is 0 Å². The summed E-state index contributed by atoms with van der Waals surface area (Å²) in [5.74, 6) is 0. The molecule has 0 aliphatic heterocycles. The van der Waals surface area contributed by atoms with E-state index in [2.05, 4.69) is 27.7 Å². The third-order valence-corrected chi connectivity index (χ3v) is 9.17. The summed E-state index contributed by atoms with van der Waals surface area (Å²) in [5, 5.41) is 0. The van der Waals surface area contributed by atoms with Gasteiger partial charge in [-0.05, 0) is 24.9 Å². The fraction of sp³-hybridized carbons (Fsp3) is 1.00. The van der Waals surface area contributed by atoms with Crippen LogP contribution >= 0.6 is 0 Å². The SMILES string of the molecule is CCCCCCCCCCCCO[Si](CC)(CC)OCCCCCCC. The van der Waals surface area contributed by atoms with Gasteiger partial charge >= 0.3 is 8.56 Å². The molecule has 0 atom stereocenters. The molecule has 3 heteroatoms. The maximum Gasteiger partial charge on any atom is 0.337 e. The van der Waals surface area contributed by atoms with E-state index >= 15 is 0 Å². The van der Waals surface area contributed by atoms with Crippen molar-refractivity contribution in [3.05, 3.63) is 0 Å². The van der Waals surface area contributed by atoms with Crippen molar-refractivity contribution in [1.29, 1.82) is 0 Å². The van der Waals surface area contributed by atoms with E-state index in [1.165, 1.54) is 96.3 Å². The molecule has 0 unspecified atom stereocenters. The van der Waals surface area contributed by atoms with Crippen LogP contribution in [0.4, 0.5) is 0 Å². The normalized spacial score (nSPS) is 12.0. The summed E-state index contributed by atoms with van der Waals surface area (Å²) < 4.78 is 12.7. The van der Waals surface area contributed by atoms with Crippen molar-refractivity contribution in [3.8, 4) is 0 Å². The lowest BCUT2D eigenvalue weighted by Gasteiger charge is -2.29. The van der Waals surface area contributed by atoms with E-state index in [-0.39, 0.29) is 0 Å². The van der Waals surface area contributed by atoms with Gasteiger partial charge in [0.25, 0.3) is 0 Å². The molecule has 2 nitrogen and oxygen atoms in total. The van der Waals surface area contributed by atoms with Crippen LogP contribution < -0.4 is 0 Å². The first-order valence-electron chi connectivity index (χ1n) is 12.0. The van der Waals surface area contributed by atoms with Crippen molar-refractivity contribution in [3.63, 3.8) is 0 Å². The molecule has 0 bridgehead atoms. The monoisotopic (exact) mass is 386 g/mol. The Hall–Kier alpha value is 0.137. The topological polar surface area (TPSA) is 18.5 Å². The van der Waals surface area contributed by atoms with E-state index < -0.39 is 8.56 Å². The molecule has 0 aliphatic rings. The van der Waals surface area contributed by atoms with Crippen LogP contribution in [0.15, 0.2) is 0 Å². The minimum absolute atomic E-state index is 0.912. The Bertz CT molecular complexity index is 267. The molecule has 0 heterocycles. The number of unbranched alkanes of at least 4 members (excludes halogenated alkanes) is 13. The van der Waals surface area contributed by atoms with Crippen molar-refractivity contribution in [2.45, 2.75) is 136 Å². The van der Waals surface area contributed by atoms with Gasteiger partial charge < -0.3 is 8.85 Å². The summed E-state index contributed by atoms with van der Waals surface area (Å²) >= 11 is 0. The summed E-state index contributed by atoms with van der Waals surface area (Å²) in [5.41, 5.74) is 0. The molecule has 0 fully saturated rings. The predicted octanol–water partition coefficient (Wildman–Crippen LogP) is 8.39. The summed E-state index contributed by atoms with van der Waals surface area (Å²) in [6, 6.07) is 2.19. The quantitative estimate of drug-likeness (QED) is 0.146. The molecule has 0 saturated carbocycles. The first-order chi connectivity index (χ1) is 12.7. The first-order valence-corrected chi connectivity index (χ1v) is 14.3. The average Bonchev–Trinajstić information content (AvgIpc) is 2.67. The third-order valence-electron chi connectivity index (χ3n) is 5.55. The van der Waals surface area contributed by atoms with Gasteiger partial charge in [0.1, 0.15) is 0 Å². The van der Waals surface area contributed by atoms with Crippen LogP contribution in [0, 0.1) is 0 Å². The fourth-order valence-corrected chi connectivity index (χ4v) is 5.94. The Morgan fingerprint density at radius 1 is 0.423 bits per heavy atom. The standard InChI is InChI=1S/C23H50O2Si/c1-5-9-11-13-14-15-16-17-19-21-23-25-26(7-3,8-4)24-22-20-18-12-10-6-2/h5-23H2,1-4H3. The molecule has 0 saturated heterocycles. The lowest BCUT2D eigenvalue weighted by Crippen LogP contribution is -2.41. The van der Waals surface area contributed by atoms with E-state index in [0.717, 1.165) is 25.3 Å². The second-order valence-corrected chi connectivity index (χ2v) is 11.7. The Morgan fingerprint density at radius 2 is 0.731 bits per heavy atom. The highest BCUT2D eigenvalue weighted by atomic mass is 28.4. The molecule has 0 spiro atoms. The lowest BCUT2D eigenvalue weighted by atomic mass is 10.1. The minimum Gasteiger partial charge on any atom is -0.394 e. The van der Waals surface area contributed by atoms with Gasteiger partial charge in [-0.1, -0.05) is 111 Å². The van der Waals surface area contributed by atoms with Gasteiger partial charge in [0, 0.05) is 13.2 Å². The highest BCUT2D eigenvalue weighted by Gasteiger charge is 2.33. The van der Waals surface area contributed by atoms with Gasteiger partial charge in [0.05, 0.1) is 0 Å². The second-order valence-electron chi connectivity index (χ2n) is 7.91. The van der Waals surface area contributed by atoms with E-state index in [4.69, 9.17) is 8.85 Å². The van der Waals surface area contributed by atoms with Gasteiger partial charge in [0.15, 0.2) is 0 Å². The average molecular weight is 387 g/mol. The maximum absolute atomic E-state index is 6.34. The molecular weight excluding hydrogens is 336 g/mol. The van der Waals surface area contributed by atoms with E-state index in [9.17, 15) is 0 Å². The Labute approximate surface area is 167 Å². The summed E-state index contributed by atoms with van der Waals surface area (Å²) in [7, 11) is -1.91. The molecule has 0 aromatic heterocycles. The van der Waals surface area contributed by atoms with Crippen LogP contribution in [0.2, 0.25) is 12.1 Å². The molecule has 0 aromatic carbocycles. The minimum atomic E-state index is -1.91. The summed E-state index contributed by atoms with van der Waals surface area (Å²) in [6.45, 7) is 10.9. The zero-order valence-electron chi connectivity index (χ0n) is 18.8. The zero-order valence-corrected chi connectivity index (χ0v) is 19.8. The molecule has 26 heavy (non-hydrogen) atoms. The molecule has 0 aliphatic carbocycles. The molecule has 158 valence electrons. The first kappa shape index (κ1) is 26.1. The Balaban J connectivity index is 3.63. The van der Waals surface area contributed by atoms with Crippen LogP contribution in [0.5, 0.6) is 0 Å². The molecular formula is C23H50O2Si. The molecule has 0 aromatic rings. The number of hydrogen-bond donors (Lipinski definition) is 0. The van der Waals surface area contributed by atoms with Gasteiger partial charge in [0.2, 0.25) is 0 Å². The van der Waals surface area contributed by atoms with Crippen molar-refractivity contribution >= 4 is 8.56 Å². The maximum atomic E-state index is 6.34. The molecule has 0 rings (SSSR count). The van der Waals surface area contributed by atoms with E-state index in [0.29, 0.717) is 0 Å². The van der Waals surface area contributed by atoms with Crippen LogP contribution in [-0.4, -0.2) is 21.8 Å². The van der Waals surface area contributed by atoms with Crippen LogP contribution in [0.3, 0.4) is 0 Å². The van der Waals surface area contributed by atoms with Crippen molar-refractivity contribution < 1.29 is 8.85 Å². The number of rotatable bonds is 21.